The SMILES string of the molecule is COC(=O)c1ccc(/C=C2\SC(=S)N(CCCCCC(=O)Nc3cccc(Br)c3)C2=O)cc1. The van der Waals surface area contributed by atoms with Gasteiger partial charge in [0.1, 0.15) is 4.32 Å². The largest absolute Gasteiger partial charge is 0.465 e. The molecule has 9 heteroatoms. The van der Waals surface area contributed by atoms with Crippen molar-refractivity contribution in [3.63, 3.8) is 0 Å². The number of amides is 2. The van der Waals surface area contributed by atoms with E-state index in [0.717, 1.165) is 35.0 Å². The maximum Gasteiger partial charge on any atom is 0.337 e. The monoisotopic (exact) mass is 546 g/mol. The summed E-state index contributed by atoms with van der Waals surface area (Å²) in [4.78, 5) is 38.5. The highest BCUT2D eigenvalue weighted by atomic mass is 79.9. The van der Waals surface area contributed by atoms with Crippen molar-refractivity contribution in [2.75, 3.05) is 19.0 Å². The number of halogens is 1. The van der Waals surface area contributed by atoms with Gasteiger partial charge in [-0.25, -0.2) is 4.79 Å². The van der Waals surface area contributed by atoms with Crippen molar-refractivity contribution in [3.8, 4) is 0 Å². The van der Waals surface area contributed by atoms with Crippen LogP contribution in [0.1, 0.15) is 41.6 Å². The maximum absolute atomic E-state index is 12.8. The molecule has 3 rings (SSSR count). The van der Waals surface area contributed by atoms with Crippen molar-refractivity contribution in [1.29, 1.82) is 0 Å². The molecule has 0 spiro atoms. The maximum atomic E-state index is 12.8. The van der Waals surface area contributed by atoms with Crippen LogP contribution >= 0.6 is 39.9 Å². The number of rotatable bonds is 9. The standard InChI is InChI=1S/C24H23BrN2O4S2/c1-31-23(30)17-11-9-16(10-12-17)14-20-22(29)27(24(32)33-20)13-4-2-3-8-21(28)26-19-7-5-6-18(25)15-19/h5-7,9-12,14-15H,2-4,8,13H2,1H3,(H,26,28)/b20-14-. The third-order valence-electron chi connectivity index (χ3n) is 4.90. The molecule has 1 fully saturated rings. The van der Waals surface area contributed by atoms with E-state index in [9.17, 15) is 14.4 Å². The predicted molar refractivity (Wildman–Crippen MR) is 139 cm³/mol. The molecule has 1 aliphatic rings. The van der Waals surface area contributed by atoms with Gasteiger partial charge in [0.25, 0.3) is 5.91 Å². The van der Waals surface area contributed by atoms with Gasteiger partial charge in [0.15, 0.2) is 0 Å². The van der Waals surface area contributed by atoms with E-state index in [1.807, 2.05) is 24.3 Å². The van der Waals surface area contributed by atoms with Crippen LogP contribution in [0.5, 0.6) is 0 Å². The Bertz CT molecular complexity index is 1090. The Labute approximate surface area is 210 Å². The minimum absolute atomic E-state index is 0.0279. The average molecular weight is 547 g/mol. The van der Waals surface area contributed by atoms with E-state index in [4.69, 9.17) is 17.0 Å². The number of thiocarbonyl (C=S) groups is 1. The number of hydrogen-bond donors (Lipinski definition) is 1. The number of ether oxygens (including phenoxy) is 1. The van der Waals surface area contributed by atoms with Gasteiger partial charge in [-0.05, 0) is 54.8 Å². The molecule has 0 aromatic heterocycles. The normalized spacial score (nSPS) is 14.6. The molecule has 2 amide bonds. The predicted octanol–water partition coefficient (Wildman–Crippen LogP) is 5.64. The smallest absolute Gasteiger partial charge is 0.337 e. The number of methoxy groups -OCH3 is 1. The van der Waals surface area contributed by atoms with Crippen LogP contribution in [0.25, 0.3) is 6.08 Å². The molecule has 0 radical (unpaired) electrons. The zero-order chi connectivity index (χ0) is 23.8. The van der Waals surface area contributed by atoms with Crippen LogP contribution in [-0.2, 0) is 14.3 Å². The number of hydrogen-bond acceptors (Lipinski definition) is 6. The highest BCUT2D eigenvalue weighted by Gasteiger charge is 2.31. The fourth-order valence-corrected chi connectivity index (χ4v) is 4.91. The molecule has 0 atom stereocenters. The van der Waals surface area contributed by atoms with E-state index in [1.165, 1.54) is 18.9 Å². The van der Waals surface area contributed by atoms with Crippen LogP contribution in [0, 0.1) is 0 Å². The van der Waals surface area contributed by atoms with Gasteiger partial charge in [0.05, 0.1) is 17.6 Å². The lowest BCUT2D eigenvalue weighted by molar-refractivity contribution is -0.122. The van der Waals surface area contributed by atoms with E-state index in [1.54, 1.807) is 35.2 Å². The van der Waals surface area contributed by atoms with Crippen molar-refractivity contribution in [3.05, 3.63) is 69.0 Å². The van der Waals surface area contributed by atoms with E-state index in [2.05, 4.69) is 21.2 Å². The Hall–Kier alpha value is -2.49. The fourth-order valence-electron chi connectivity index (χ4n) is 3.20. The van der Waals surface area contributed by atoms with Crippen molar-refractivity contribution in [2.45, 2.75) is 25.7 Å². The second-order valence-corrected chi connectivity index (χ2v) is 9.91. The van der Waals surface area contributed by atoms with Crippen LogP contribution in [0.4, 0.5) is 5.69 Å². The van der Waals surface area contributed by atoms with Crippen LogP contribution in [0.3, 0.4) is 0 Å². The number of thioether (sulfide) groups is 1. The fraction of sp³-hybridized carbons (Fsp3) is 0.250. The zero-order valence-electron chi connectivity index (χ0n) is 18.0. The minimum Gasteiger partial charge on any atom is -0.465 e. The molecule has 0 aliphatic carbocycles. The van der Waals surface area contributed by atoms with Gasteiger partial charge in [-0.3, -0.25) is 14.5 Å². The second-order valence-electron chi connectivity index (χ2n) is 7.32. The molecule has 6 nitrogen and oxygen atoms in total. The minimum atomic E-state index is -0.404. The molecule has 1 aliphatic heterocycles. The Morgan fingerprint density at radius 1 is 1.15 bits per heavy atom. The van der Waals surface area contributed by atoms with Crippen molar-refractivity contribution >= 4 is 73.8 Å². The zero-order valence-corrected chi connectivity index (χ0v) is 21.2. The summed E-state index contributed by atoms with van der Waals surface area (Å²) in [5, 5.41) is 2.88. The van der Waals surface area contributed by atoms with E-state index in [0.29, 0.717) is 27.8 Å². The molecule has 1 heterocycles. The molecule has 0 unspecified atom stereocenters. The van der Waals surface area contributed by atoms with E-state index in [-0.39, 0.29) is 11.8 Å². The summed E-state index contributed by atoms with van der Waals surface area (Å²) in [6.07, 6.45) is 4.50. The third-order valence-corrected chi connectivity index (χ3v) is 6.77. The highest BCUT2D eigenvalue weighted by Crippen LogP contribution is 2.32. The molecule has 0 saturated carbocycles. The third kappa shape index (κ3) is 7.25. The number of carbonyl (C=O) groups is 3. The van der Waals surface area contributed by atoms with Crippen LogP contribution in [0.15, 0.2) is 57.9 Å². The first kappa shape index (κ1) is 25.1. The van der Waals surface area contributed by atoms with Gasteiger partial charge < -0.3 is 10.1 Å². The summed E-state index contributed by atoms with van der Waals surface area (Å²) in [5.74, 6) is -0.548. The van der Waals surface area contributed by atoms with E-state index >= 15 is 0 Å². The number of benzene rings is 2. The van der Waals surface area contributed by atoms with Gasteiger partial charge in [-0.2, -0.15) is 0 Å². The highest BCUT2D eigenvalue weighted by molar-refractivity contribution is 9.10. The number of anilines is 1. The summed E-state index contributed by atoms with van der Waals surface area (Å²) in [5.41, 5.74) is 2.02. The lowest BCUT2D eigenvalue weighted by Gasteiger charge is -2.14. The summed E-state index contributed by atoms with van der Waals surface area (Å²) in [7, 11) is 1.33. The number of unbranched alkanes of at least 4 members (excludes halogenated alkanes) is 2. The van der Waals surface area contributed by atoms with Crippen LogP contribution in [0.2, 0.25) is 0 Å². The Kier molecular flexibility index (Phi) is 9.22. The number of carbonyl (C=O) groups excluding carboxylic acids is 3. The number of nitrogens with one attached hydrogen (secondary N) is 1. The molecular formula is C24H23BrN2O4S2. The lowest BCUT2D eigenvalue weighted by Crippen LogP contribution is -2.29. The van der Waals surface area contributed by atoms with Crippen LogP contribution in [-0.4, -0.2) is 40.7 Å². The Balaban J connectivity index is 1.44. The molecular weight excluding hydrogens is 524 g/mol. The Morgan fingerprint density at radius 2 is 1.91 bits per heavy atom. The molecule has 0 bridgehead atoms. The van der Waals surface area contributed by atoms with Gasteiger partial charge in [0.2, 0.25) is 5.91 Å². The van der Waals surface area contributed by atoms with Gasteiger partial charge >= 0.3 is 5.97 Å². The second kappa shape index (κ2) is 12.1. The first-order chi connectivity index (χ1) is 15.9. The van der Waals surface area contributed by atoms with E-state index < -0.39 is 5.97 Å². The van der Waals surface area contributed by atoms with Crippen molar-refractivity contribution in [2.24, 2.45) is 0 Å². The molecule has 2 aromatic carbocycles. The molecule has 2 aromatic rings. The molecule has 1 saturated heterocycles. The summed E-state index contributed by atoms with van der Waals surface area (Å²) >= 11 is 10.0. The van der Waals surface area contributed by atoms with Gasteiger partial charge in [0, 0.05) is 23.1 Å². The first-order valence-electron chi connectivity index (χ1n) is 10.4. The summed E-state index contributed by atoms with van der Waals surface area (Å²) in [6, 6.07) is 14.3. The molecule has 172 valence electrons. The van der Waals surface area contributed by atoms with Crippen molar-refractivity contribution < 1.29 is 19.1 Å². The van der Waals surface area contributed by atoms with Crippen LogP contribution < -0.4 is 5.32 Å². The lowest BCUT2D eigenvalue weighted by atomic mass is 10.1. The number of nitrogens with zero attached hydrogens (tertiary/aromatic N) is 1. The Morgan fingerprint density at radius 3 is 2.61 bits per heavy atom. The van der Waals surface area contributed by atoms with Gasteiger partial charge in [-0.1, -0.05) is 64.5 Å². The average Bonchev–Trinajstić information content (AvgIpc) is 3.06. The summed E-state index contributed by atoms with van der Waals surface area (Å²) < 4.78 is 6.14. The molecule has 33 heavy (non-hydrogen) atoms. The quantitative estimate of drug-likeness (QED) is 0.190. The topological polar surface area (TPSA) is 75.7 Å². The molecule has 1 N–H and O–H groups in total. The van der Waals surface area contributed by atoms with Crippen molar-refractivity contribution in [1.82, 2.24) is 4.90 Å². The number of esters is 1. The first-order valence-corrected chi connectivity index (χ1v) is 12.4. The van der Waals surface area contributed by atoms with Gasteiger partial charge in [-0.15, -0.1) is 0 Å². The summed E-state index contributed by atoms with van der Waals surface area (Å²) in [6.45, 7) is 0.524.